The van der Waals surface area contributed by atoms with Crippen LogP contribution in [-0.2, 0) is 19.0 Å². The molecule has 29 heavy (non-hydrogen) atoms. The molecule has 0 radical (unpaired) electrons. The summed E-state index contributed by atoms with van der Waals surface area (Å²) in [6, 6.07) is -0.250. The number of amides is 2. The van der Waals surface area contributed by atoms with Gasteiger partial charge in [-0.2, -0.15) is 0 Å². The Labute approximate surface area is 174 Å². The second kappa shape index (κ2) is 13.8. The molecule has 0 aromatic heterocycles. The molecule has 2 atom stereocenters. The Morgan fingerprint density at radius 3 is 2.14 bits per heavy atom. The molecule has 0 aliphatic carbocycles. The number of carbonyl (C=O) groups excluding carboxylic acids is 3. The molecule has 0 aliphatic rings. The smallest absolute Gasteiger partial charge is 0.407 e. The highest BCUT2D eigenvalue weighted by Crippen LogP contribution is 2.32. The summed E-state index contributed by atoms with van der Waals surface area (Å²) < 4.78 is 15.1. The fourth-order valence-electron chi connectivity index (χ4n) is 3.11. The van der Waals surface area contributed by atoms with Gasteiger partial charge in [0.15, 0.2) is 0 Å². The van der Waals surface area contributed by atoms with E-state index in [1.165, 1.54) is 0 Å². The maximum Gasteiger partial charge on any atom is 0.407 e. The molecular formula is C21H38N2O6. The van der Waals surface area contributed by atoms with Crippen molar-refractivity contribution in [3.05, 3.63) is 12.2 Å². The number of nitrogens with one attached hydrogen (secondary N) is 2. The molecule has 0 saturated heterocycles. The average molecular weight is 415 g/mol. The molecule has 0 heterocycles. The molecular weight excluding hydrogens is 376 g/mol. The van der Waals surface area contributed by atoms with Crippen molar-refractivity contribution in [1.29, 1.82) is 0 Å². The molecule has 0 spiro atoms. The first kappa shape index (κ1) is 26.8. The summed E-state index contributed by atoms with van der Waals surface area (Å²) in [7, 11) is 0. The summed E-state index contributed by atoms with van der Waals surface area (Å²) in [4.78, 5) is 35.0. The van der Waals surface area contributed by atoms with Crippen LogP contribution in [0.3, 0.4) is 0 Å². The zero-order chi connectivity index (χ0) is 22.4. The number of alkyl carbamates (subject to hydrolysis) is 2. The lowest BCUT2D eigenvalue weighted by molar-refractivity contribution is -0.139. The quantitative estimate of drug-likeness (QED) is 0.270. The predicted octanol–water partition coefficient (Wildman–Crippen LogP) is 3.80. The van der Waals surface area contributed by atoms with Crippen LogP contribution in [0.4, 0.5) is 9.59 Å². The Bertz CT molecular complexity index is 547. The van der Waals surface area contributed by atoms with E-state index in [0.29, 0.717) is 25.1 Å². The van der Waals surface area contributed by atoms with Crippen LogP contribution in [0.5, 0.6) is 0 Å². The number of carbonyl (C=O) groups is 3. The van der Waals surface area contributed by atoms with Gasteiger partial charge in [-0.3, -0.25) is 0 Å². The molecule has 0 saturated carbocycles. The van der Waals surface area contributed by atoms with E-state index < -0.39 is 18.2 Å². The van der Waals surface area contributed by atoms with Crippen molar-refractivity contribution in [3.63, 3.8) is 0 Å². The lowest BCUT2D eigenvalue weighted by Crippen LogP contribution is -2.46. The molecule has 0 aliphatic heterocycles. The minimum absolute atomic E-state index is 0.172. The van der Waals surface area contributed by atoms with E-state index in [1.54, 1.807) is 20.8 Å². The molecule has 0 aromatic carbocycles. The largest absolute Gasteiger partial charge is 0.462 e. The van der Waals surface area contributed by atoms with Gasteiger partial charge in [-0.25, -0.2) is 14.4 Å². The fourth-order valence-corrected chi connectivity index (χ4v) is 3.11. The molecule has 2 N–H and O–H groups in total. The van der Waals surface area contributed by atoms with Crippen LogP contribution in [0.2, 0.25) is 0 Å². The van der Waals surface area contributed by atoms with Crippen LogP contribution in [0.15, 0.2) is 12.2 Å². The standard InChI is InChI=1S/C21H38N2O6/c1-8-27-19(25)22-12-10-16(5)14-21(6,7)17(23-20(26)28-9-2)11-13-29-18(24)15(3)4/h16-17H,3,8-14H2,1-2,4-7H3,(H,22,25)(H,23,26). The minimum atomic E-state index is -0.492. The van der Waals surface area contributed by atoms with Crippen LogP contribution in [0.1, 0.15) is 60.8 Å². The zero-order valence-corrected chi connectivity index (χ0v) is 18.8. The Hall–Kier alpha value is -2.25. The van der Waals surface area contributed by atoms with Crippen molar-refractivity contribution in [3.8, 4) is 0 Å². The lowest BCUT2D eigenvalue weighted by atomic mass is 9.75. The maximum absolute atomic E-state index is 12.0. The van der Waals surface area contributed by atoms with Gasteiger partial charge in [0.25, 0.3) is 0 Å². The third kappa shape index (κ3) is 12.0. The Morgan fingerprint density at radius 2 is 1.59 bits per heavy atom. The second-order valence-corrected chi connectivity index (χ2v) is 7.86. The zero-order valence-electron chi connectivity index (χ0n) is 18.8. The first-order valence-corrected chi connectivity index (χ1v) is 10.2. The first-order valence-electron chi connectivity index (χ1n) is 10.2. The molecule has 2 amide bonds. The van der Waals surface area contributed by atoms with Crippen molar-refractivity contribution >= 4 is 18.2 Å². The summed E-state index contributed by atoms with van der Waals surface area (Å²) in [6.45, 7) is 16.2. The van der Waals surface area contributed by atoms with Crippen molar-refractivity contribution in [2.24, 2.45) is 11.3 Å². The number of hydrogen-bond donors (Lipinski definition) is 2. The Morgan fingerprint density at radius 1 is 1.00 bits per heavy atom. The van der Waals surface area contributed by atoms with Gasteiger partial charge < -0.3 is 24.8 Å². The molecule has 8 heteroatoms. The van der Waals surface area contributed by atoms with Gasteiger partial charge in [-0.1, -0.05) is 27.4 Å². The van der Waals surface area contributed by atoms with E-state index in [4.69, 9.17) is 14.2 Å². The van der Waals surface area contributed by atoms with Gasteiger partial charge in [0.1, 0.15) is 0 Å². The van der Waals surface area contributed by atoms with E-state index in [1.807, 2.05) is 0 Å². The van der Waals surface area contributed by atoms with Gasteiger partial charge in [0.2, 0.25) is 0 Å². The minimum Gasteiger partial charge on any atom is -0.462 e. The second-order valence-electron chi connectivity index (χ2n) is 7.86. The Kier molecular flexibility index (Phi) is 12.8. The van der Waals surface area contributed by atoms with Crippen molar-refractivity contribution in [2.75, 3.05) is 26.4 Å². The summed E-state index contributed by atoms with van der Waals surface area (Å²) in [5, 5.41) is 5.61. The summed E-state index contributed by atoms with van der Waals surface area (Å²) in [6.07, 6.45) is 1.12. The third-order valence-electron chi connectivity index (χ3n) is 4.56. The lowest BCUT2D eigenvalue weighted by Gasteiger charge is -2.36. The van der Waals surface area contributed by atoms with Gasteiger partial charge >= 0.3 is 18.2 Å². The van der Waals surface area contributed by atoms with Crippen LogP contribution in [0.25, 0.3) is 0 Å². The van der Waals surface area contributed by atoms with Gasteiger partial charge in [0.05, 0.1) is 19.8 Å². The van der Waals surface area contributed by atoms with Gasteiger partial charge in [-0.05, 0) is 44.9 Å². The number of hydrogen-bond acceptors (Lipinski definition) is 6. The molecule has 0 bridgehead atoms. The van der Waals surface area contributed by atoms with E-state index in [2.05, 4.69) is 38.0 Å². The topological polar surface area (TPSA) is 103 Å². The van der Waals surface area contributed by atoms with E-state index in [-0.39, 0.29) is 30.6 Å². The first-order chi connectivity index (χ1) is 13.5. The highest BCUT2D eigenvalue weighted by Gasteiger charge is 2.32. The highest BCUT2D eigenvalue weighted by molar-refractivity contribution is 5.86. The van der Waals surface area contributed by atoms with E-state index in [0.717, 1.165) is 12.8 Å². The summed E-state index contributed by atoms with van der Waals surface area (Å²) in [5.41, 5.74) is 0.0491. The summed E-state index contributed by atoms with van der Waals surface area (Å²) in [5.74, 6) is -0.160. The van der Waals surface area contributed by atoms with Crippen LogP contribution < -0.4 is 10.6 Å². The van der Waals surface area contributed by atoms with Crippen LogP contribution >= 0.6 is 0 Å². The Balaban J connectivity index is 4.81. The van der Waals surface area contributed by atoms with Crippen molar-refractivity contribution < 1.29 is 28.6 Å². The number of esters is 1. The maximum atomic E-state index is 12.0. The van der Waals surface area contributed by atoms with Crippen molar-refractivity contribution in [1.82, 2.24) is 10.6 Å². The van der Waals surface area contributed by atoms with Crippen LogP contribution in [0, 0.1) is 11.3 Å². The third-order valence-corrected chi connectivity index (χ3v) is 4.56. The molecule has 0 aromatic rings. The molecule has 0 fully saturated rings. The normalized spacial score (nSPS) is 13.0. The summed E-state index contributed by atoms with van der Waals surface area (Å²) >= 11 is 0. The fraction of sp³-hybridized carbons (Fsp3) is 0.762. The van der Waals surface area contributed by atoms with Gasteiger partial charge in [-0.15, -0.1) is 0 Å². The van der Waals surface area contributed by atoms with Crippen molar-refractivity contribution in [2.45, 2.75) is 66.8 Å². The SMILES string of the molecule is C=C(C)C(=O)OCCC(NC(=O)OCC)C(C)(C)CC(C)CCNC(=O)OCC. The van der Waals surface area contributed by atoms with E-state index in [9.17, 15) is 14.4 Å². The highest BCUT2D eigenvalue weighted by atomic mass is 16.6. The van der Waals surface area contributed by atoms with Gasteiger partial charge in [0, 0.05) is 24.6 Å². The average Bonchev–Trinajstić information content (AvgIpc) is 2.60. The van der Waals surface area contributed by atoms with E-state index >= 15 is 0 Å². The number of rotatable bonds is 13. The predicted molar refractivity (Wildman–Crippen MR) is 112 cm³/mol. The van der Waals surface area contributed by atoms with Crippen LogP contribution in [-0.4, -0.2) is 50.6 Å². The molecule has 168 valence electrons. The monoisotopic (exact) mass is 414 g/mol. The number of ether oxygens (including phenoxy) is 3. The molecule has 2 unspecified atom stereocenters. The molecule has 0 rings (SSSR count). The molecule has 8 nitrogen and oxygen atoms in total.